The van der Waals surface area contributed by atoms with Crippen molar-refractivity contribution in [2.24, 2.45) is 0 Å². The molecule has 176 valence electrons. The smallest absolute Gasteiger partial charge is 0.368 e. The zero-order chi connectivity index (χ0) is 23.5. The molecule has 0 bridgehead atoms. The van der Waals surface area contributed by atoms with E-state index in [1.165, 1.54) is 10.4 Å². The van der Waals surface area contributed by atoms with Gasteiger partial charge in [0.25, 0.3) is 5.91 Å². The number of hydrogen-bond donors (Lipinski definition) is 3. The van der Waals surface area contributed by atoms with Crippen molar-refractivity contribution < 1.29 is 18.0 Å². The number of rotatable bonds is 10. The van der Waals surface area contributed by atoms with Gasteiger partial charge < -0.3 is 15.6 Å². The van der Waals surface area contributed by atoms with E-state index >= 15 is 0 Å². The highest BCUT2D eigenvalue weighted by Crippen LogP contribution is 2.51. The van der Waals surface area contributed by atoms with Crippen LogP contribution in [-0.4, -0.2) is 55.3 Å². The third kappa shape index (κ3) is 5.62. The van der Waals surface area contributed by atoms with E-state index in [1.807, 2.05) is 18.2 Å². The molecule has 2 aromatic heterocycles. The number of carbonyl (C=O) groups excluding carboxylic acids is 1. The number of alkyl halides is 3. The number of anilines is 1. The Labute approximate surface area is 192 Å². The fourth-order valence-electron chi connectivity index (χ4n) is 3.52. The van der Waals surface area contributed by atoms with Crippen LogP contribution >= 0.6 is 11.6 Å². The lowest BCUT2D eigenvalue weighted by Gasteiger charge is -2.10. The second-order valence-electron chi connectivity index (χ2n) is 7.81. The molecule has 33 heavy (non-hydrogen) atoms. The van der Waals surface area contributed by atoms with E-state index in [1.54, 1.807) is 0 Å². The first-order valence-electron chi connectivity index (χ1n) is 10.4. The largest absolute Gasteiger partial charge is 0.390 e. The summed E-state index contributed by atoms with van der Waals surface area (Å²) in [5.74, 6) is 0.136. The van der Waals surface area contributed by atoms with Crippen molar-refractivity contribution in [1.29, 1.82) is 0 Å². The Morgan fingerprint density at radius 2 is 1.97 bits per heavy atom. The minimum absolute atomic E-state index is 0.0260. The minimum atomic E-state index is -4.31. The van der Waals surface area contributed by atoms with E-state index in [9.17, 15) is 18.0 Å². The molecule has 1 aliphatic carbocycles. The summed E-state index contributed by atoms with van der Waals surface area (Å²) in [6.45, 7) is 0.312. The fraction of sp³-hybridized carbons (Fsp3) is 0.450. The van der Waals surface area contributed by atoms with Gasteiger partial charge in [-0.3, -0.25) is 4.79 Å². The molecule has 1 aliphatic rings. The molecule has 3 N–H and O–H groups in total. The average Bonchev–Trinajstić information content (AvgIpc) is 3.30. The number of aromatic amines is 1. The lowest BCUT2D eigenvalue weighted by molar-refractivity contribution is -0.131. The van der Waals surface area contributed by atoms with Gasteiger partial charge in [0.1, 0.15) is 5.69 Å². The molecule has 1 saturated carbocycles. The number of imidazole rings is 1. The van der Waals surface area contributed by atoms with Crippen molar-refractivity contribution in [3.8, 4) is 0 Å². The molecule has 0 radical (unpaired) electrons. The molecule has 13 heteroatoms. The molecule has 0 saturated heterocycles. The number of tetrazole rings is 1. The summed E-state index contributed by atoms with van der Waals surface area (Å²) in [6.07, 6.45) is -2.89. The summed E-state index contributed by atoms with van der Waals surface area (Å²) < 4.78 is 37.0. The maximum Gasteiger partial charge on any atom is 0.390 e. The number of nitrogens with one attached hydrogen (secondary N) is 3. The number of aromatic nitrogens is 6. The van der Waals surface area contributed by atoms with Crippen molar-refractivity contribution in [2.75, 3.05) is 18.4 Å². The van der Waals surface area contributed by atoms with Crippen LogP contribution in [0.1, 0.15) is 47.6 Å². The van der Waals surface area contributed by atoms with Crippen LogP contribution in [0.25, 0.3) is 0 Å². The first-order chi connectivity index (χ1) is 15.8. The predicted molar refractivity (Wildman–Crippen MR) is 114 cm³/mol. The Morgan fingerprint density at radius 3 is 2.67 bits per heavy atom. The van der Waals surface area contributed by atoms with E-state index in [0.29, 0.717) is 18.8 Å². The normalized spacial score (nSPS) is 14.8. The molecule has 9 nitrogen and oxygen atoms in total. The van der Waals surface area contributed by atoms with E-state index in [4.69, 9.17) is 11.6 Å². The van der Waals surface area contributed by atoms with Gasteiger partial charge in [-0.1, -0.05) is 30.3 Å². The van der Waals surface area contributed by atoms with Crippen LogP contribution in [-0.2, 0) is 12.0 Å². The molecule has 0 spiro atoms. The van der Waals surface area contributed by atoms with Crippen molar-refractivity contribution in [1.82, 2.24) is 35.5 Å². The van der Waals surface area contributed by atoms with Crippen molar-refractivity contribution in [2.45, 2.75) is 43.8 Å². The lowest BCUT2D eigenvalue weighted by Crippen LogP contribution is -2.27. The molecule has 0 aliphatic heterocycles. The van der Waals surface area contributed by atoms with E-state index < -0.39 is 25.0 Å². The molecule has 1 amide bonds. The molecule has 1 aromatic carbocycles. The third-order valence-electron chi connectivity index (χ3n) is 5.38. The van der Waals surface area contributed by atoms with Gasteiger partial charge in [0, 0.05) is 13.1 Å². The number of halogens is 4. The van der Waals surface area contributed by atoms with Crippen LogP contribution in [0.5, 0.6) is 0 Å². The summed E-state index contributed by atoms with van der Waals surface area (Å²) in [6, 6.07) is 10.1. The van der Waals surface area contributed by atoms with Gasteiger partial charge in [-0.2, -0.15) is 18.0 Å². The number of H-pyrrole nitrogens is 1. The first-order valence-corrected chi connectivity index (χ1v) is 10.8. The van der Waals surface area contributed by atoms with Gasteiger partial charge in [0.05, 0.1) is 18.4 Å². The molecule has 2 heterocycles. The van der Waals surface area contributed by atoms with Gasteiger partial charge in [-0.25, -0.2) is 4.98 Å². The van der Waals surface area contributed by atoms with Gasteiger partial charge >= 0.3 is 6.18 Å². The first kappa shape index (κ1) is 23.0. The van der Waals surface area contributed by atoms with Crippen LogP contribution in [0.3, 0.4) is 0 Å². The summed E-state index contributed by atoms with van der Waals surface area (Å²) in [4.78, 5) is 20.3. The second kappa shape index (κ2) is 9.38. The Kier molecular flexibility index (Phi) is 6.54. The number of aryl methyl sites for hydroxylation is 1. The van der Waals surface area contributed by atoms with E-state index in [2.05, 4.69) is 48.1 Å². The fourth-order valence-corrected chi connectivity index (χ4v) is 3.70. The number of nitrogens with zero attached hydrogens (tertiary/aromatic N) is 5. The molecular weight excluding hydrogens is 461 g/mol. The summed E-state index contributed by atoms with van der Waals surface area (Å²) in [7, 11) is 0. The summed E-state index contributed by atoms with van der Waals surface area (Å²) in [5.41, 5.74) is 0.986. The maximum atomic E-state index is 12.4. The average molecular weight is 483 g/mol. The Balaban J connectivity index is 1.26. The monoisotopic (exact) mass is 482 g/mol. The van der Waals surface area contributed by atoms with Crippen LogP contribution in [0.4, 0.5) is 19.0 Å². The van der Waals surface area contributed by atoms with Crippen molar-refractivity contribution in [3.05, 3.63) is 52.7 Å². The highest BCUT2D eigenvalue weighted by atomic mass is 35.5. The van der Waals surface area contributed by atoms with Gasteiger partial charge in [0.15, 0.2) is 11.6 Å². The number of hydrogen-bond acceptors (Lipinski definition) is 6. The van der Waals surface area contributed by atoms with Gasteiger partial charge in [-0.15, -0.1) is 10.2 Å². The highest BCUT2D eigenvalue weighted by molar-refractivity contribution is 6.28. The Morgan fingerprint density at radius 1 is 1.21 bits per heavy atom. The molecule has 3 aromatic rings. The van der Waals surface area contributed by atoms with Crippen LogP contribution < -0.4 is 10.6 Å². The molecule has 0 unspecified atom stereocenters. The topological polar surface area (TPSA) is 113 Å². The van der Waals surface area contributed by atoms with E-state index in [-0.39, 0.29) is 28.8 Å². The molecule has 0 atom stereocenters. The summed E-state index contributed by atoms with van der Waals surface area (Å²) in [5, 5.41) is 17.9. The van der Waals surface area contributed by atoms with Crippen LogP contribution in [0.2, 0.25) is 5.28 Å². The Hall–Kier alpha value is -3.15. The van der Waals surface area contributed by atoms with Gasteiger partial charge in [-0.05, 0) is 41.6 Å². The van der Waals surface area contributed by atoms with Crippen molar-refractivity contribution in [3.63, 3.8) is 0 Å². The van der Waals surface area contributed by atoms with Gasteiger partial charge in [0.2, 0.25) is 5.28 Å². The van der Waals surface area contributed by atoms with Crippen LogP contribution in [0, 0.1) is 0 Å². The Bertz CT molecular complexity index is 1090. The zero-order valence-electron chi connectivity index (χ0n) is 17.5. The molecular formula is C20H22ClF3N8O. The highest BCUT2D eigenvalue weighted by Gasteiger charge is 2.49. The number of amides is 1. The predicted octanol–water partition coefficient (Wildman–Crippen LogP) is 3.31. The zero-order valence-corrected chi connectivity index (χ0v) is 18.2. The van der Waals surface area contributed by atoms with E-state index in [0.717, 1.165) is 12.8 Å². The standard InChI is InChI=1S/C20H22ClF3N8O/c21-18-27-14(15(28-18)25-11-9-20(22,23)24)16(33)26-10-4-12-32-30-17(29-31-32)19(7-8-19)13-5-2-1-3-6-13/h1-3,5-6,25H,4,7-12H2,(H,26,33)(H,27,28). The molecule has 4 rings (SSSR count). The quantitative estimate of drug-likeness (QED) is 0.382. The third-order valence-corrected chi connectivity index (χ3v) is 5.56. The van der Waals surface area contributed by atoms with Crippen molar-refractivity contribution >= 4 is 23.3 Å². The number of carbonyl (C=O) groups is 1. The van der Waals surface area contributed by atoms with Crippen LogP contribution in [0.15, 0.2) is 30.3 Å². The molecule has 1 fully saturated rings. The number of benzene rings is 1. The SMILES string of the molecule is O=C(NCCCn1nnc(C2(c3ccccc3)CC2)n1)c1[nH]c(Cl)nc1NCCC(F)(F)F. The summed E-state index contributed by atoms with van der Waals surface area (Å²) >= 11 is 5.77. The lowest BCUT2D eigenvalue weighted by atomic mass is 9.95. The maximum absolute atomic E-state index is 12.4. The minimum Gasteiger partial charge on any atom is -0.368 e. The second-order valence-corrected chi connectivity index (χ2v) is 8.17.